The van der Waals surface area contributed by atoms with E-state index in [0.29, 0.717) is 6.42 Å². The molecule has 0 heterocycles. The van der Waals surface area contributed by atoms with E-state index in [1.54, 1.807) is 0 Å². The first-order valence-electron chi connectivity index (χ1n) is 5.74. The molecule has 4 heteroatoms. The minimum Gasteiger partial charge on any atom is -0.298 e. The number of carbonyl (C=O) groups excluding carboxylic acids is 1. The molecule has 18 heavy (non-hydrogen) atoms. The van der Waals surface area contributed by atoms with Gasteiger partial charge in [-0.3, -0.25) is 9.79 Å². The molecule has 0 bridgehead atoms. The maximum Gasteiger partial charge on any atom is 0.154 e. The summed E-state index contributed by atoms with van der Waals surface area (Å²) >= 11 is 0. The zero-order valence-electron chi connectivity index (χ0n) is 10.8. The predicted molar refractivity (Wildman–Crippen MR) is 67.9 cm³/mol. The van der Waals surface area contributed by atoms with Crippen molar-refractivity contribution in [2.24, 2.45) is 10.4 Å². The van der Waals surface area contributed by atoms with Gasteiger partial charge in [-0.05, 0) is 17.5 Å². The molecule has 0 atom stereocenters. The minimum atomic E-state index is -0.679. The molecule has 0 N–H and O–H groups in total. The van der Waals surface area contributed by atoms with E-state index in [1.807, 2.05) is 20.8 Å². The number of benzene rings is 1. The van der Waals surface area contributed by atoms with Crippen LogP contribution in [0.25, 0.3) is 0 Å². The molecule has 0 aliphatic heterocycles. The van der Waals surface area contributed by atoms with Gasteiger partial charge in [-0.1, -0.05) is 20.8 Å². The first kappa shape index (κ1) is 14.5. The molecule has 1 aromatic rings. The molecule has 2 nitrogen and oxygen atoms in total. The third-order valence-corrected chi connectivity index (χ3v) is 2.19. The second kappa shape index (κ2) is 5.85. The molecular formula is C14H17F2NO. The van der Waals surface area contributed by atoms with E-state index in [1.165, 1.54) is 12.3 Å². The van der Waals surface area contributed by atoms with E-state index in [0.717, 1.165) is 12.1 Å². The molecular weight excluding hydrogens is 236 g/mol. The number of hydrogen-bond acceptors (Lipinski definition) is 2. The van der Waals surface area contributed by atoms with Crippen LogP contribution in [-0.4, -0.2) is 18.5 Å². The molecule has 1 aromatic carbocycles. The quantitative estimate of drug-likeness (QED) is 0.756. The lowest BCUT2D eigenvalue weighted by Crippen LogP contribution is -2.15. The van der Waals surface area contributed by atoms with E-state index in [9.17, 15) is 13.6 Å². The van der Waals surface area contributed by atoms with Crippen LogP contribution in [0.15, 0.2) is 23.2 Å². The SMILES string of the molecule is CC(C)(C)CC(=O)CN=Cc1ccc(F)cc1F. The zero-order chi connectivity index (χ0) is 13.8. The van der Waals surface area contributed by atoms with Gasteiger partial charge >= 0.3 is 0 Å². The van der Waals surface area contributed by atoms with Gasteiger partial charge in [0.2, 0.25) is 0 Å². The zero-order valence-corrected chi connectivity index (χ0v) is 10.8. The van der Waals surface area contributed by atoms with Crippen LogP contribution >= 0.6 is 0 Å². The molecule has 0 aliphatic carbocycles. The van der Waals surface area contributed by atoms with Gasteiger partial charge in [0.15, 0.2) is 5.78 Å². The van der Waals surface area contributed by atoms with Gasteiger partial charge < -0.3 is 0 Å². The normalized spacial score (nSPS) is 12.1. The van der Waals surface area contributed by atoms with Crippen LogP contribution in [0.4, 0.5) is 8.78 Å². The highest BCUT2D eigenvalue weighted by Gasteiger charge is 2.15. The van der Waals surface area contributed by atoms with E-state index < -0.39 is 11.6 Å². The molecule has 0 amide bonds. The Balaban J connectivity index is 2.58. The van der Waals surface area contributed by atoms with Crippen LogP contribution in [0.5, 0.6) is 0 Å². The number of aliphatic imine (C=N–C) groups is 1. The highest BCUT2D eigenvalue weighted by Crippen LogP contribution is 2.18. The van der Waals surface area contributed by atoms with Crippen molar-refractivity contribution in [2.75, 3.05) is 6.54 Å². The maximum atomic E-state index is 13.2. The van der Waals surface area contributed by atoms with Crippen molar-refractivity contribution in [1.82, 2.24) is 0 Å². The lowest BCUT2D eigenvalue weighted by atomic mass is 9.90. The Morgan fingerprint density at radius 1 is 1.33 bits per heavy atom. The largest absolute Gasteiger partial charge is 0.298 e. The van der Waals surface area contributed by atoms with Crippen LogP contribution in [0.3, 0.4) is 0 Å². The Hall–Kier alpha value is -1.58. The number of ketones is 1. The van der Waals surface area contributed by atoms with Crippen molar-refractivity contribution in [3.63, 3.8) is 0 Å². The average molecular weight is 253 g/mol. The number of carbonyl (C=O) groups is 1. The van der Waals surface area contributed by atoms with Crippen LogP contribution in [0.2, 0.25) is 0 Å². The van der Waals surface area contributed by atoms with Crippen molar-refractivity contribution in [3.05, 3.63) is 35.4 Å². The van der Waals surface area contributed by atoms with E-state index >= 15 is 0 Å². The van der Waals surface area contributed by atoms with Gasteiger partial charge in [0.05, 0.1) is 6.54 Å². The second-order valence-electron chi connectivity index (χ2n) is 5.41. The Morgan fingerprint density at radius 3 is 2.56 bits per heavy atom. The number of halogens is 2. The summed E-state index contributed by atoms with van der Waals surface area (Å²) in [5.41, 5.74) is 0.105. The Kier molecular flexibility index (Phi) is 4.70. The maximum absolute atomic E-state index is 13.2. The highest BCUT2D eigenvalue weighted by atomic mass is 19.1. The summed E-state index contributed by atoms with van der Waals surface area (Å²) in [7, 11) is 0. The second-order valence-corrected chi connectivity index (χ2v) is 5.41. The molecule has 0 saturated heterocycles. The summed E-state index contributed by atoms with van der Waals surface area (Å²) in [6.07, 6.45) is 1.69. The highest BCUT2D eigenvalue weighted by molar-refractivity contribution is 5.85. The fraction of sp³-hybridized carbons (Fsp3) is 0.429. The molecule has 0 radical (unpaired) electrons. The number of Topliss-reactive ketones (excluding diaryl/α,β-unsaturated/α-hetero) is 1. The minimum absolute atomic E-state index is 0.00118. The lowest BCUT2D eigenvalue weighted by molar-refractivity contribution is -0.119. The average Bonchev–Trinajstić information content (AvgIpc) is 2.18. The van der Waals surface area contributed by atoms with Crippen molar-refractivity contribution in [1.29, 1.82) is 0 Å². The first-order chi connectivity index (χ1) is 8.28. The van der Waals surface area contributed by atoms with Gasteiger partial charge in [0.1, 0.15) is 11.6 Å². The van der Waals surface area contributed by atoms with E-state index in [4.69, 9.17) is 0 Å². The van der Waals surface area contributed by atoms with E-state index in [-0.39, 0.29) is 23.3 Å². The molecule has 1 rings (SSSR count). The van der Waals surface area contributed by atoms with Gasteiger partial charge in [-0.25, -0.2) is 8.78 Å². The molecule has 0 aromatic heterocycles. The predicted octanol–water partition coefficient (Wildman–Crippen LogP) is 3.39. The van der Waals surface area contributed by atoms with E-state index in [2.05, 4.69) is 4.99 Å². The summed E-state index contributed by atoms with van der Waals surface area (Å²) in [6.45, 7) is 5.92. The van der Waals surface area contributed by atoms with Crippen molar-refractivity contribution >= 4 is 12.0 Å². The van der Waals surface area contributed by atoms with Crippen LogP contribution in [0, 0.1) is 17.0 Å². The number of rotatable bonds is 4. The summed E-state index contributed by atoms with van der Waals surface area (Å²) in [4.78, 5) is 15.4. The standard InChI is InChI=1S/C14H17F2NO/c1-14(2,3)7-12(18)9-17-8-10-4-5-11(15)6-13(10)16/h4-6,8H,7,9H2,1-3H3. The summed E-state index contributed by atoms with van der Waals surface area (Å²) in [6, 6.07) is 3.24. The van der Waals surface area contributed by atoms with Crippen molar-refractivity contribution in [2.45, 2.75) is 27.2 Å². The topological polar surface area (TPSA) is 29.4 Å². The third-order valence-electron chi connectivity index (χ3n) is 2.19. The smallest absolute Gasteiger partial charge is 0.154 e. The Bertz CT molecular complexity index is 461. The third kappa shape index (κ3) is 5.17. The van der Waals surface area contributed by atoms with Gasteiger partial charge in [0, 0.05) is 24.3 Å². The van der Waals surface area contributed by atoms with Crippen molar-refractivity contribution in [3.8, 4) is 0 Å². The molecule has 0 aliphatic rings. The van der Waals surface area contributed by atoms with Gasteiger partial charge in [0.25, 0.3) is 0 Å². The Morgan fingerprint density at radius 2 is 2.00 bits per heavy atom. The molecule has 0 unspecified atom stereocenters. The Labute approximate surface area is 106 Å². The van der Waals surface area contributed by atoms with Crippen LogP contribution in [-0.2, 0) is 4.79 Å². The molecule has 0 spiro atoms. The summed E-state index contributed by atoms with van der Waals surface area (Å²) < 4.78 is 25.9. The number of nitrogens with zero attached hydrogens (tertiary/aromatic N) is 1. The lowest BCUT2D eigenvalue weighted by Gasteiger charge is -2.15. The summed E-state index contributed by atoms with van der Waals surface area (Å²) in [5.74, 6) is -1.31. The molecule has 98 valence electrons. The molecule has 0 saturated carbocycles. The number of hydrogen-bond donors (Lipinski definition) is 0. The fourth-order valence-corrected chi connectivity index (χ4v) is 1.50. The summed E-state index contributed by atoms with van der Waals surface area (Å²) in [5, 5.41) is 0. The van der Waals surface area contributed by atoms with Crippen molar-refractivity contribution < 1.29 is 13.6 Å². The fourth-order valence-electron chi connectivity index (χ4n) is 1.50. The monoisotopic (exact) mass is 253 g/mol. The molecule has 0 fully saturated rings. The van der Waals surface area contributed by atoms with Gasteiger partial charge in [-0.15, -0.1) is 0 Å². The van der Waals surface area contributed by atoms with Crippen LogP contribution < -0.4 is 0 Å². The first-order valence-corrected chi connectivity index (χ1v) is 5.74. The van der Waals surface area contributed by atoms with Crippen LogP contribution in [0.1, 0.15) is 32.8 Å². The van der Waals surface area contributed by atoms with Gasteiger partial charge in [-0.2, -0.15) is 0 Å².